The minimum Gasteiger partial charge on any atom is -0.327 e. The van der Waals surface area contributed by atoms with Crippen LogP contribution in [0, 0.1) is 20.8 Å². The second-order valence-corrected chi connectivity index (χ2v) is 4.86. The lowest BCUT2D eigenvalue weighted by Crippen LogP contribution is -2.32. The number of carbonyl (C=O) groups excluding carboxylic acids is 1. The van der Waals surface area contributed by atoms with Crippen LogP contribution < -0.4 is 10.6 Å². The van der Waals surface area contributed by atoms with Crippen molar-refractivity contribution in [1.29, 1.82) is 0 Å². The third-order valence-electron chi connectivity index (χ3n) is 3.04. The van der Waals surface area contributed by atoms with Gasteiger partial charge in [0.15, 0.2) is 0 Å². The van der Waals surface area contributed by atoms with Crippen LogP contribution in [0.3, 0.4) is 0 Å². The molecule has 1 amide bonds. The Morgan fingerprint density at radius 2 is 1.76 bits per heavy atom. The summed E-state index contributed by atoms with van der Waals surface area (Å²) in [6, 6.07) is 4.07. The van der Waals surface area contributed by atoms with Crippen LogP contribution in [0.5, 0.6) is 0 Å². The summed E-state index contributed by atoms with van der Waals surface area (Å²) in [5.41, 5.74) is 10.2. The van der Waals surface area contributed by atoms with E-state index in [0.717, 1.165) is 11.3 Å². The molecule has 0 fully saturated rings. The number of benzene rings is 1. The lowest BCUT2D eigenvalue weighted by atomic mass is 10.0. The summed E-state index contributed by atoms with van der Waals surface area (Å²) in [5, 5.41) is 0. The lowest BCUT2D eigenvalue weighted by Gasteiger charge is -2.21. The van der Waals surface area contributed by atoms with Crippen molar-refractivity contribution in [2.75, 3.05) is 11.9 Å². The average molecular weight is 234 g/mol. The van der Waals surface area contributed by atoms with E-state index in [2.05, 4.69) is 26.0 Å². The normalized spacial score (nSPS) is 12.4. The van der Waals surface area contributed by atoms with Gasteiger partial charge in [0.05, 0.1) is 0 Å². The smallest absolute Gasteiger partial charge is 0.228 e. The zero-order valence-electron chi connectivity index (χ0n) is 11.4. The molecule has 0 aromatic heterocycles. The number of rotatable bonds is 3. The van der Waals surface area contributed by atoms with E-state index in [1.165, 1.54) is 11.1 Å². The van der Waals surface area contributed by atoms with Crippen molar-refractivity contribution in [1.82, 2.24) is 0 Å². The zero-order chi connectivity index (χ0) is 13.2. The highest BCUT2D eigenvalue weighted by Gasteiger charge is 2.15. The Kier molecular flexibility index (Phi) is 4.29. The molecule has 0 saturated heterocycles. The third kappa shape index (κ3) is 3.30. The van der Waals surface area contributed by atoms with E-state index < -0.39 is 0 Å². The van der Waals surface area contributed by atoms with E-state index in [-0.39, 0.29) is 11.9 Å². The Balaban J connectivity index is 3.00. The number of anilines is 1. The first kappa shape index (κ1) is 13.7. The van der Waals surface area contributed by atoms with Gasteiger partial charge in [0.1, 0.15) is 0 Å². The molecule has 0 bridgehead atoms. The summed E-state index contributed by atoms with van der Waals surface area (Å²) < 4.78 is 0. The van der Waals surface area contributed by atoms with Crippen molar-refractivity contribution >= 4 is 11.6 Å². The van der Waals surface area contributed by atoms with Gasteiger partial charge in [-0.2, -0.15) is 0 Å². The fraction of sp³-hybridized carbons (Fsp3) is 0.500. The fourth-order valence-corrected chi connectivity index (χ4v) is 1.85. The molecule has 1 aromatic rings. The van der Waals surface area contributed by atoms with Crippen LogP contribution in [0.2, 0.25) is 0 Å². The van der Waals surface area contributed by atoms with E-state index >= 15 is 0 Å². The third-order valence-corrected chi connectivity index (χ3v) is 3.04. The molecule has 1 atom stereocenters. The molecular weight excluding hydrogens is 212 g/mol. The van der Waals surface area contributed by atoms with Crippen LogP contribution in [0.15, 0.2) is 12.1 Å². The summed E-state index contributed by atoms with van der Waals surface area (Å²) in [4.78, 5) is 13.6. The first-order valence-corrected chi connectivity index (χ1v) is 5.93. The summed E-state index contributed by atoms with van der Waals surface area (Å²) in [5.74, 6) is 0.0614. The van der Waals surface area contributed by atoms with E-state index in [1.807, 2.05) is 20.9 Å². The summed E-state index contributed by atoms with van der Waals surface area (Å²) in [7, 11) is 1.81. The Morgan fingerprint density at radius 3 is 2.29 bits per heavy atom. The van der Waals surface area contributed by atoms with Gasteiger partial charge >= 0.3 is 0 Å². The lowest BCUT2D eigenvalue weighted by molar-refractivity contribution is -0.118. The fourth-order valence-electron chi connectivity index (χ4n) is 1.85. The molecule has 0 heterocycles. The number of aryl methyl sites for hydroxylation is 3. The maximum Gasteiger partial charge on any atom is 0.228 e. The van der Waals surface area contributed by atoms with E-state index in [9.17, 15) is 4.79 Å². The van der Waals surface area contributed by atoms with Gasteiger partial charge in [-0.05, 0) is 50.5 Å². The van der Waals surface area contributed by atoms with Gasteiger partial charge in [-0.1, -0.05) is 6.07 Å². The topological polar surface area (TPSA) is 46.3 Å². The average Bonchev–Trinajstić information content (AvgIpc) is 2.21. The van der Waals surface area contributed by atoms with Crippen molar-refractivity contribution < 1.29 is 4.79 Å². The molecule has 3 nitrogen and oxygen atoms in total. The van der Waals surface area contributed by atoms with Crippen molar-refractivity contribution in [3.63, 3.8) is 0 Å². The molecule has 3 heteroatoms. The highest BCUT2D eigenvalue weighted by molar-refractivity contribution is 5.94. The molecule has 0 radical (unpaired) electrons. The maximum atomic E-state index is 11.9. The Hall–Kier alpha value is -1.35. The van der Waals surface area contributed by atoms with Gasteiger partial charge in [0.25, 0.3) is 0 Å². The molecule has 1 rings (SSSR count). The molecule has 0 spiro atoms. The molecule has 0 aliphatic heterocycles. The molecule has 0 aliphatic rings. The minimum absolute atomic E-state index is 0.0614. The number of amides is 1. The van der Waals surface area contributed by atoms with Gasteiger partial charge in [0.2, 0.25) is 5.91 Å². The Morgan fingerprint density at radius 1 is 1.24 bits per heavy atom. The second kappa shape index (κ2) is 5.32. The highest BCUT2D eigenvalue weighted by atomic mass is 16.2. The minimum atomic E-state index is -0.100. The van der Waals surface area contributed by atoms with Crippen molar-refractivity contribution in [3.05, 3.63) is 28.8 Å². The summed E-state index contributed by atoms with van der Waals surface area (Å²) in [6.07, 6.45) is 0.378. The largest absolute Gasteiger partial charge is 0.327 e. The van der Waals surface area contributed by atoms with Crippen LogP contribution in [0.4, 0.5) is 5.69 Å². The van der Waals surface area contributed by atoms with Crippen LogP contribution in [-0.2, 0) is 4.79 Å². The number of hydrogen-bond donors (Lipinski definition) is 1. The number of hydrogen-bond acceptors (Lipinski definition) is 2. The van der Waals surface area contributed by atoms with Crippen LogP contribution in [-0.4, -0.2) is 19.0 Å². The van der Waals surface area contributed by atoms with Gasteiger partial charge in [-0.15, -0.1) is 0 Å². The summed E-state index contributed by atoms with van der Waals surface area (Å²) in [6.45, 7) is 8.01. The quantitative estimate of drug-likeness (QED) is 0.872. The predicted molar refractivity (Wildman–Crippen MR) is 72.3 cm³/mol. The first-order valence-electron chi connectivity index (χ1n) is 5.93. The Labute approximate surface area is 104 Å². The van der Waals surface area contributed by atoms with Gasteiger partial charge < -0.3 is 10.6 Å². The van der Waals surface area contributed by atoms with Crippen LogP contribution in [0.25, 0.3) is 0 Å². The summed E-state index contributed by atoms with van der Waals surface area (Å²) >= 11 is 0. The first-order chi connectivity index (χ1) is 7.82. The monoisotopic (exact) mass is 234 g/mol. The maximum absolute atomic E-state index is 11.9. The van der Waals surface area contributed by atoms with Gasteiger partial charge in [-0.3, -0.25) is 4.79 Å². The number of carbonyl (C=O) groups is 1. The second-order valence-electron chi connectivity index (χ2n) is 4.86. The predicted octanol–water partition coefficient (Wildman–Crippen LogP) is 2.31. The van der Waals surface area contributed by atoms with E-state index in [0.29, 0.717) is 6.42 Å². The SMILES string of the molecule is Cc1cc(C)c(N(C)C(=O)CC(C)N)cc1C. The van der Waals surface area contributed by atoms with Gasteiger partial charge in [-0.25, -0.2) is 0 Å². The highest BCUT2D eigenvalue weighted by Crippen LogP contribution is 2.23. The molecule has 1 aromatic carbocycles. The molecule has 94 valence electrons. The molecule has 2 N–H and O–H groups in total. The molecular formula is C14H22N2O. The van der Waals surface area contributed by atoms with Crippen molar-refractivity contribution in [2.45, 2.75) is 40.2 Å². The number of nitrogens with zero attached hydrogens (tertiary/aromatic N) is 1. The van der Waals surface area contributed by atoms with Crippen LogP contribution >= 0.6 is 0 Å². The number of nitrogens with two attached hydrogens (primary N) is 1. The van der Waals surface area contributed by atoms with Crippen molar-refractivity contribution in [2.24, 2.45) is 5.73 Å². The van der Waals surface area contributed by atoms with E-state index in [4.69, 9.17) is 5.73 Å². The standard InChI is InChI=1S/C14H22N2O/c1-9-6-11(3)13(7-10(9)2)16(5)14(17)8-12(4)15/h6-7,12H,8,15H2,1-5H3. The van der Waals surface area contributed by atoms with Gasteiger partial charge in [0, 0.05) is 25.2 Å². The van der Waals surface area contributed by atoms with Crippen LogP contribution in [0.1, 0.15) is 30.0 Å². The molecule has 0 aliphatic carbocycles. The van der Waals surface area contributed by atoms with E-state index in [1.54, 1.807) is 4.90 Å². The van der Waals surface area contributed by atoms with Crippen molar-refractivity contribution in [3.8, 4) is 0 Å². The Bertz CT molecular complexity index is 424. The molecule has 1 unspecified atom stereocenters. The molecule has 0 saturated carbocycles. The molecule has 17 heavy (non-hydrogen) atoms. The zero-order valence-corrected chi connectivity index (χ0v) is 11.4.